The van der Waals surface area contributed by atoms with Crippen LogP contribution in [-0.2, 0) is 19.1 Å². The summed E-state index contributed by atoms with van der Waals surface area (Å²) in [5, 5.41) is 19.5. The average molecular weight is 586 g/mol. The van der Waals surface area contributed by atoms with E-state index >= 15 is 0 Å². The Bertz CT molecular complexity index is 1260. The minimum absolute atomic E-state index is 0.0352. The summed E-state index contributed by atoms with van der Waals surface area (Å²) in [6.45, 7) is 1.75. The smallest absolute Gasteiger partial charge is 0.477 e. The molecule has 0 radical (unpaired) electrons. The SMILES string of the molecule is CCOC(=O)Oc1ccc([C@@H](N)C(=O)NC2C(=O)N3C(C(=O)O)=C(CSc4nncs4)CS[C@H]23)cc1Cl. The number of fused-ring (bicyclic) bond motifs is 1. The number of amides is 2. The molecule has 3 heterocycles. The number of ether oxygens (including phenoxy) is 2. The molecule has 1 aromatic carbocycles. The van der Waals surface area contributed by atoms with Crippen molar-refractivity contribution >= 4 is 70.4 Å². The first-order chi connectivity index (χ1) is 17.7. The van der Waals surface area contributed by atoms with Gasteiger partial charge in [0.1, 0.15) is 28.7 Å². The zero-order valence-corrected chi connectivity index (χ0v) is 22.3. The van der Waals surface area contributed by atoms with Crippen molar-refractivity contribution in [3.8, 4) is 5.75 Å². The van der Waals surface area contributed by atoms with Gasteiger partial charge in [0, 0.05) is 11.5 Å². The maximum Gasteiger partial charge on any atom is 0.513 e. The highest BCUT2D eigenvalue weighted by molar-refractivity contribution is 8.01. The van der Waals surface area contributed by atoms with Crippen molar-refractivity contribution in [1.82, 2.24) is 20.4 Å². The summed E-state index contributed by atoms with van der Waals surface area (Å²) in [6.07, 6.45) is -0.922. The second kappa shape index (κ2) is 11.7. The van der Waals surface area contributed by atoms with Crippen LogP contribution in [0.5, 0.6) is 5.75 Å². The lowest BCUT2D eigenvalue weighted by Crippen LogP contribution is -2.71. The van der Waals surface area contributed by atoms with Crippen LogP contribution < -0.4 is 15.8 Å². The Hall–Kier alpha value is -2.85. The number of rotatable bonds is 9. The fourth-order valence-corrected chi connectivity index (χ4v) is 6.79. The summed E-state index contributed by atoms with van der Waals surface area (Å²) in [7, 11) is 0. The molecule has 1 saturated heterocycles. The minimum Gasteiger partial charge on any atom is -0.477 e. The number of aliphatic carboxylic acids is 1. The van der Waals surface area contributed by atoms with Crippen molar-refractivity contribution in [3.05, 3.63) is 45.6 Å². The van der Waals surface area contributed by atoms with E-state index in [1.165, 1.54) is 58.0 Å². The van der Waals surface area contributed by atoms with Gasteiger partial charge >= 0.3 is 12.1 Å². The van der Waals surface area contributed by atoms with Crippen molar-refractivity contribution in [3.63, 3.8) is 0 Å². The van der Waals surface area contributed by atoms with Gasteiger partial charge < -0.3 is 25.6 Å². The Morgan fingerprint density at radius 1 is 1.41 bits per heavy atom. The lowest BCUT2D eigenvalue weighted by atomic mass is 10.0. The summed E-state index contributed by atoms with van der Waals surface area (Å²) < 4.78 is 10.4. The van der Waals surface area contributed by atoms with Crippen LogP contribution in [0.25, 0.3) is 0 Å². The van der Waals surface area contributed by atoms with Crippen LogP contribution in [0.15, 0.2) is 39.3 Å². The molecule has 2 aliphatic heterocycles. The molecular formula is C21H20ClN5O7S3. The van der Waals surface area contributed by atoms with Crippen LogP contribution in [0, 0.1) is 0 Å². The van der Waals surface area contributed by atoms with Gasteiger partial charge in [-0.15, -0.1) is 22.0 Å². The van der Waals surface area contributed by atoms with Gasteiger partial charge in [0.25, 0.3) is 5.91 Å². The van der Waals surface area contributed by atoms with Crippen molar-refractivity contribution in [2.24, 2.45) is 5.73 Å². The number of nitrogens with one attached hydrogen (secondary N) is 1. The number of carbonyl (C=O) groups is 4. The molecule has 3 atom stereocenters. The predicted octanol–water partition coefficient (Wildman–Crippen LogP) is 2.26. The predicted molar refractivity (Wildman–Crippen MR) is 136 cm³/mol. The average Bonchev–Trinajstić information content (AvgIpc) is 3.39. The third-order valence-corrected chi connectivity index (χ3v) is 8.89. The zero-order chi connectivity index (χ0) is 26.7. The Labute approximate surface area is 227 Å². The van der Waals surface area contributed by atoms with Crippen LogP contribution in [0.4, 0.5) is 4.79 Å². The monoisotopic (exact) mass is 585 g/mol. The molecule has 0 aliphatic carbocycles. The van der Waals surface area contributed by atoms with Crippen molar-refractivity contribution in [2.45, 2.75) is 28.7 Å². The number of aromatic nitrogens is 2. The number of hydrogen-bond acceptors (Lipinski definition) is 12. The van der Waals surface area contributed by atoms with E-state index in [0.717, 1.165) is 0 Å². The molecule has 2 aromatic rings. The Balaban J connectivity index is 1.41. The number of nitrogens with zero attached hydrogens (tertiary/aromatic N) is 3. The van der Waals surface area contributed by atoms with Crippen LogP contribution in [0.1, 0.15) is 18.5 Å². The lowest BCUT2D eigenvalue weighted by molar-refractivity contribution is -0.150. The number of nitrogens with two attached hydrogens (primary N) is 1. The molecule has 12 nitrogen and oxygen atoms in total. The van der Waals surface area contributed by atoms with Crippen LogP contribution in [-0.4, -0.2) is 73.7 Å². The van der Waals surface area contributed by atoms with Gasteiger partial charge in [-0.3, -0.25) is 14.5 Å². The summed E-state index contributed by atoms with van der Waals surface area (Å²) in [4.78, 5) is 50.4. The van der Waals surface area contributed by atoms with Gasteiger partial charge in [0.15, 0.2) is 10.1 Å². The van der Waals surface area contributed by atoms with Gasteiger partial charge in [-0.25, -0.2) is 9.59 Å². The second-order valence-corrected chi connectivity index (χ2v) is 11.2. The van der Waals surface area contributed by atoms with Crippen molar-refractivity contribution in [2.75, 3.05) is 18.1 Å². The minimum atomic E-state index is -1.22. The molecule has 37 heavy (non-hydrogen) atoms. The highest BCUT2D eigenvalue weighted by Gasteiger charge is 2.54. The molecule has 0 saturated carbocycles. The Morgan fingerprint density at radius 2 is 2.19 bits per heavy atom. The van der Waals surface area contributed by atoms with Crippen molar-refractivity contribution < 1.29 is 33.8 Å². The van der Waals surface area contributed by atoms with Gasteiger partial charge in [0.05, 0.1) is 11.6 Å². The maximum absolute atomic E-state index is 12.9. The number of thioether (sulfide) groups is 2. The number of carbonyl (C=O) groups excluding carboxylic acids is 3. The first kappa shape index (κ1) is 27.2. The third kappa shape index (κ3) is 5.85. The van der Waals surface area contributed by atoms with Crippen LogP contribution >= 0.6 is 46.5 Å². The van der Waals surface area contributed by atoms with Gasteiger partial charge in [-0.1, -0.05) is 40.8 Å². The largest absolute Gasteiger partial charge is 0.513 e. The maximum atomic E-state index is 12.9. The number of halogens is 1. The highest BCUT2D eigenvalue weighted by Crippen LogP contribution is 2.42. The highest BCUT2D eigenvalue weighted by atomic mass is 35.5. The second-order valence-electron chi connectivity index (χ2n) is 7.60. The van der Waals surface area contributed by atoms with E-state index in [0.29, 0.717) is 27.0 Å². The lowest BCUT2D eigenvalue weighted by Gasteiger charge is -2.49. The van der Waals surface area contributed by atoms with Gasteiger partial charge in [-0.2, -0.15) is 0 Å². The molecule has 1 unspecified atom stereocenters. The van der Waals surface area contributed by atoms with E-state index in [2.05, 4.69) is 15.5 Å². The van der Waals surface area contributed by atoms with Gasteiger partial charge in [0.2, 0.25) is 5.91 Å². The molecule has 1 fully saturated rings. The van der Waals surface area contributed by atoms with Gasteiger partial charge in [-0.05, 0) is 30.2 Å². The van der Waals surface area contributed by atoms with E-state index in [9.17, 15) is 24.3 Å². The Kier molecular flexibility index (Phi) is 8.59. The molecule has 1 aromatic heterocycles. The fraction of sp³-hybridized carbons (Fsp3) is 0.333. The van der Waals surface area contributed by atoms with Crippen LogP contribution in [0.2, 0.25) is 5.02 Å². The number of carboxylic acid groups (broad SMARTS) is 1. The molecule has 0 bridgehead atoms. The number of benzene rings is 1. The zero-order valence-electron chi connectivity index (χ0n) is 19.1. The molecule has 4 N–H and O–H groups in total. The molecule has 196 valence electrons. The Morgan fingerprint density at radius 3 is 2.84 bits per heavy atom. The van der Waals surface area contributed by atoms with E-state index in [-0.39, 0.29) is 23.1 Å². The summed E-state index contributed by atoms with van der Waals surface area (Å²) in [5.41, 5.74) is 8.49. The normalized spacial score (nSPS) is 19.5. The fourth-order valence-electron chi connectivity index (χ4n) is 3.59. The number of carboxylic acids is 1. The third-order valence-electron chi connectivity index (χ3n) is 5.31. The topological polar surface area (TPSA) is 174 Å². The van der Waals surface area contributed by atoms with E-state index in [4.69, 9.17) is 26.8 Å². The van der Waals surface area contributed by atoms with E-state index in [1.807, 2.05) is 0 Å². The number of hydrogen-bond donors (Lipinski definition) is 3. The van der Waals surface area contributed by atoms with E-state index in [1.54, 1.807) is 12.4 Å². The first-order valence-corrected chi connectivity index (χ1v) is 14.0. The summed E-state index contributed by atoms with van der Waals surface area (Å²) in [5.74, 6) is -1.64. The quantitative estimate of drug-likeness (QED) is 0.170. The van der Waals surface area contributed by atoms with E-state index < -0.39 is 41.4 Å². The molecule has 16 heteroatoms. The van der Waals surface area contributed by atoms with Crippen LogP contribution in [0.3, 0.4) is 0 Å². The summed E-state index contributed by atoms with van der Waals surface area (Å²) in [6, 6.07) is 2.09. The molecule has 0 spiro atoms. The molecule has 2 amide bonds. The summed E-state index contributed by atoms with van der Waals surface area (Å²) >= 11 is 10.2. The first-order valence-electron chi connectivity index (χ1n) is 10.7. The molecule has 4 rings (SSSR count). The number of β-lactam (4-membered cyclic amide) rings is 1. The standard InChI is InChI=1S/C21H20ClN5O7S3/c1-2-33-21(32)34-12-4-3-9(5-11(12)22)13(23)16(28)25-14-17(29)27-15(19(30)31)10(6-35-18(14)27)7-36-20-26-24-8-37-20/h3-5,8,13-14,18H,2,6-7,23H2,1H3,(H,25,28)(H,30,31)/t13-,14?,18-/m1/s1. The molecule has 2 aliphatic rings. The molecular weight excluding hydrogens is 566 g/mol. The van der Waals surface area contributed by atoms with Crippen molar-refractivity contribution in [1.29, 1.82) is 0 Å².